The van der Waals surface area contributed by atoms with E-state index in [2.05, 4.69) is 65.2 Å². The van der Waals surface area contributed by atoms with Gasteiger partial charge >= 0.3 is 0 Å². The minimum atomic E-state index is -0.00758. The summed E-state index contributed by atoms with van der Waals surface area (Å²) in [6, 6.07) is 19.0. The standard InChI is InChI=1S/C23H26N2O2/c1-3-26-22-7-5-4-6-21(22)24-13-12-20(17-24)23-25(14-15-27-23)16-19-10-8-18(2)9-11-19/h4-13,17,23H,3,14-16H2,1-2H3. The molecule has 0 bridgehead atoms. The number of aromatic nitrogens is 1. The second-order valence-electron chi connectivity index (χ2n) is 6.93. The molecule has 1 saturated heterocycles. The summed E-state index contributed by atoms with van der Waals surface area (Å²) in [5, 5.41) is 0. The first-order chi connectivity index (χ1) is 13.2. The van der Waals surface area contributed by atoms with Crippen molar-refractivity contribution >= 4 is 0 Å². The molecule has 1 aliphatic rings. The quantitative estimate of drug-likeness (QED) is 0.635. The second kappa shape index (κ2) is 7.99. The Morgan fingerprint density at radius 1 is 1.07 bits per heavy atom. The molecule has 2 heterocycles. The van der Waals surface area contributed by atoms with Gasteiger partial charge in [-0.2, -0.15) is 0 Å². The molecule has 1 aliphatic heterocycles. The Balaban J connectivity index is 1.54. The van der Waals surface area contributed by atoms with Gasteiger partial charge in [0.1, 0.15) is 12.0 Å². The van der Waals surface area contributed by atoms with Crippen LogP contribution >= 0.6 is 0 Å². The number of rotatable bonds is 6. The largest absolute Gasteiger partial charge is 0.492 e. The highest BCUT2D eigenvalue weighted by molar-refractivity contribution is 5.47. The fraction of sp³-hybridized carbons (Fsp3) is 0.304. The monoisotopic (exact) mass is 362 g/mol. The van der Waals surface area contributed by atoms with Crippen LogP contribution in [0, 0.1) is 6.92 Å². The van der Waals surface area contributed by atoms with E-state index in [4.69, 9.17) is 9.47 Å². The van der Waals surface area contributed by atoms with Crippen molar-refractivity contribution in [3.8, 4) is 11.4 Å². The van der Waals surface area contributed by atoms with Crippen molar-refractivity contribution in [2.45, 2.75) is 26.6 Å². The maximum Gasteiger partial charge on any atom is 0.143 e. The van der Waals surface area contributed by atoms with Crippen molar-refractivity contribution < 1.29 is 9.47 Å². The Kier molecular flexibility index (Phi) is 5.28. The summed E-state index contributed by atoms with van der Waals surface area (Å²) in [4.78, 5) is 2.39. The van der Waals surface area contributed by atoms with Gasteiger partial charge in [-0.15, -0.1) is 0 Å². The zero-order valence-corrected chi connectivity index (χ0v) is 16.0. The number of nitrogens with zero attached hydrogens (tertiary/aromatic N) is 2. The number of aryl methyl sites for hydroxylation is 1. The lowest BCUT2D eigenvalue weighted by atomic mass is 10.1. The molecule has 3 aromatic rings. The van der Waals surface area contributed by atoms with Crippen LogP contribution in [-0.4, -0.2) is 29.2 Å². The molecule has 1 fully saturated rings. The van der Waals surface area contributed by atoms with Crippen molar-refractivity contribution in [1.82, 2.24) is 9.47 Å². The van der Waals surface area contributed by atoms with Crippen LogP contribution in [0.5, 0.6) is 5.75 Å². The van der Waals surface area contributed by atoms with E-state index in [9.17, 15) is 0 Å². The summed E-state index contributed by atoms with van der Waals surface area (Å²) in [6.45, 7) is 7.38. The molecule has 4 heteroatoms. The van der Waals surface area contributed by atoms with Gasteiger partial charge in [0, 0.05) is 31.0 Å². The number of hydrogen-bond donors (Lipinski definition) is 0. The summed E-state index contributed by atoms with van der Waals surface area (Å²) in [5.74, 6) is 0.894. The molecule has 0 saturated carbocycles. The topological polar surface area (TPSA) is 26.6 Å². The van der Waals surface area contributed by atoms with E-state index in [1.807, 2.05) is 25.1 Å². The average molecular weight is 362 g/mol. The molecule has 4 nitrogen and oxygen atoms in total. The van der Waals surface area contributed by atoms with Crippen LogP contribution in [0.4, 0.5) is 0 Å². The molecule has 1 aromatic heterocycles. The van der Waals surface area contributed by atoms with Crippen molar-refractivity contribution in [1.29, 1.82) is 0 Å². The zero-order valence-electron chi connectivity index (χ0n) is 16.0. The minimum Gasteiger partial charge on any atom is -0.492 e. The van der Waals surface area contributed by atoms with Gasteiger partial charge in [-0.05, 0) is 37.6 Å². The maximum atomic E-state index is 6.06. The van der Waals surface area contributed by atoms with Gasteiger partial charge in [0.25, 0.3) is 0 Å². The predicted molar refractivity (Wildman–Crippen MR) is 107 cm³/mol. The van der Waals surface area contributed by atoms with Gasteiger partial charge in [0.2, 0.25) is 0 Å². The van der Waals surface area contributed by atoms with Crippen LogP contribution < -0.4 is 4.74 Å². The van der Waals surface area contributed by atoms with Crippen molar-refractivity contribution in [2.24, 2.45) is 0 Å². The Bertz CT molecular complexity index is 885. The van der Waals surface area contributed by atoms with E-state index in [0.29, 0.717) is 6.61 Å². The van der Waals surface area contributed by atoms with E-state index < -0.39 is 0 Å². The average Bonchev–Trinajstić information content (AvgIpc) is 3.34. The molecule has 0 amide bonds. The van der Waals surface area contributed by atoms with Gasteiger partial charge in [-0.3, -0.25) is 4.90 Å². The van der Waals surface area contributed by atoms with Gasteiger partial charge in [0.05, 0.1) is 18.9 Å². The molecular weight excluding hydrogens is 336 g/mol. The van der Waals surface area contributed by atoms with Crippen LogP contribution in [-0.2, 0) is 11.3 Å². The zero-order chi connectivity index (χ0) is 18.6. The summed E-state index contributed by atoms with van der Waals surface area (Å²) in [7, 11) is 0. The highest BCUT2D eigenvalue weighted by Crippen LogP contribution is 2.31. The summed E-state index contributed by atoms with van der Waals surface area (Å²) in [6.07, 6.45) is 4.22. The van der Waals surface area contributed by atoms with Gasteiger partial charge in [-0.1, -0.05) is 42.0 Å². The Labute approximate surface area is 161 Å². The molecule has 1 atom stereocenters. The lowest BCUT2D eigenvalue weighted by Crippen LogP contribution is -2.23. The first-order valence-corrected chi connectivity index (χ1v) is 9.56. The van der Waals surface area contributed by atoms with Crippen LogP contribution in [0.15, 0.2) is 67.0 Å². The van der Waals surface area contributed by atoms with E-state index in [0.717, 1.165) is 31.1 Å². The van der Waals surface area contributed by atoms with Crippen molar-refractivity contribution in [2.75, 3.05) is 19.8 Å². The molecule has 27 heavy (non-hydrogen) atoms. The van der Waals surface area contributed by atoms with Gasteiger partial charge in [0.15, 0.2) is 0 Å². The lowest BCUT2D eigenvalue weighted by Gasteiger charge is -2.22. The van der Waals surface area contributed by atoms with Crippen molar-refractivity contribution in [3.05, 3.63) is 83.7 Å². The molecular formula is C23H26N2O2. The summed E-state index contributed by atoms with van der Waals surface area (Å²) >= 11 is 0. The predicted octanol–water partition coefficient (Wildman–Crippen LogP) is 4.72. The maximum absolute atomic E-state index is 6.06. The van der Waals surface area contributed by atoms with Crippen LogP contribution in [0.25, 0.3) is 5.69 Å². The van der Waals surface area contributed by atoms with Crippen LogP contribution in [0.2, 0.25) is 0 Å². The Morgan fingerprint density at radius 2 is 1.89 bits per heavy atom. The fourth-order valence-corrected chi connectivity index (χ4v) is 3.56. The molecule has 0 radical (unpaired) electrons. The molecule has 1 unspecified atom stereocenters. The van der Waals surface area contributed by atoms with E-state index in [1.54, 1.807) is 0 Å². The van der Waals surface area contributed by atoms with E-state index in [1.165, 1.54) is 16.7 Å². The van der Waals surface area contributed by atoms with E-state index in [-0.39, 0.29) is 6.23 Å². The molecule has 2 aromatic carbocycles. The SMILES string of the molecule is CCOc1ccccc1-n1ccc(C2OCCN2Cc2ccc(C)cc2)c1. The molecule has 140 valence electrons. The number of hydrogen-bond acceptors (Lipinski definition) is 3. The number of benzene rings is 2. The first-order valence-electron chi connectivity index (χ1n) is 9.56. The highest BCUT2D eigenvalue weighted by Gasteiger charge is 2.27. The van der Waals surface area contributed by atoms with Gasteiger partial charge < -0.3 is 14.0 Å². The lowest BCUT2D eigenvalue weighted by molar-refractivity contribution is 0.0288. The first kappa shape index (κ1) is 17.8. The third-order valence-corrected chi connectivity index (χ3v) is 4.94. The van der Waals surface area contributed by atoms with E-state index >= 15 is 0 Å². The number of para-hydroxylation sites is 2. The van der Waals surface area contributed by atoms with Crippen molar-refractivity contribution in [3.63, 3.8) is 0 Å². The molecule has 0 aliphatic carbocycles. The molecule has 0 spiro atoms. The summed E-state index contributed by atoms with van der Waals surface area (Å²) < 4.78 is 13.9. The molecule has 4 rings (SSSR count). The van der Waals surface area contributed by atoms with Crippen LogP contribution in [0.3, 0.4) is 0 Å². The third kappa shape index (κ3) is 3.92. The second-order valence-corrected chi connectivity index (χ2v) is 6.93. The fourth-order valence-electron chi connectivity index (χ4n) is 3.56. The third-order valence-electron chi connectivity index (χ3n) is 4.94. The smallest absolute Gasteiger partial charge is 0.143 e. The Hall–Kier alpha value is -2.56. The highest BCUT2D eigenvalue weighted by atomic mass is 16.5. The molecule has 0 N–H and O–H groups in total. The Morgan fingerprint density at radius 3 is 2.70 bits per heavy atom. The minimum absolute atomic E-state index is 0.00758. The van der Waals surface area contributed by atoms with Gasteiger partial charge in [-0.25, -0.2) is 0 Å². The normalized spacial score (nSPS) is 17.3. The van der Waals surface area contributed by atoms with Crippen LogP contribution in [0.1, 0.15) is 29.8 Å². The summed E-state index contributed by atoms with van der Waals surface area (Å²) in [5.41, 5.74) is 4.83. The number of ether oxygens (including phenoxy) is 2.